The van der Waals surface area contributed by atoms with E-state index >= 15 is 0 Å². The van der Waals surface area contributed by atoms with Crippen molar-refractivity contribution in [3.05, 3.63) is 18.2 Å². The first kappa shape index (κ1) is 20.7. The number of anilines is 1. The Balaban J connectivity index is 3.06. The lowest BCUT2D eigenvalue weighted by atomic mass is 10.3. The molecule has 0 saturated carbocycles. The van der Waals surface area contributed by atoms with Gasteiger partial charge in [-0.1, -0.05) is 27.2 Å². The Morgan fingerprint density at radius 2 is 1.92 bits per heavy atom. The molecule has 0 unspecified atom stereocenters. The summed E-state index contributed by atoms with van der Waals surface area (Å²) in [6.45, 7) is 7.34. The van der Waals surface area contributed by atoms with E-state index in [2.05, 4.69) is 17.6 Å². The molecule has 0 aliphatic carbocycles. The van der Waals surface area contributed by atoms with Crippen LogP contribution < -0.4 is 15.4 Å². The van der Waals surface area contributed by atoms with Crippen molar-refractivity contribution in [2.75, 3.05) is 32.1 Å². The third-order valence-electron chi connectivity index (χ3n) is 3.58. The van der Waals surface area contributed by atoms with Crippen LogP contribution >= 0.6 is 12.2 Å². The number of thiocarbonyl (C=S) groups is 1. The van der Waals surface area contributed by atoms with Crippen LogP contribution in [-0.2, 0) is 10.0 Å². The number of hydrogen-bond donors (Lipinski definition) is 2. The van der Waals surface area contributed by atoms with Gasteiger partial charge in [0, 0.05) is 19.6 Å². The van der Waals surface area contributed by atoms with Crippen LogP contribution in [0.2, 0.25) is 0 Å². The molecule has 0 saturated heterocycles. The van der Waals surface area contributed by atoms with Crippen molar-refractivity contribution in [3.8, 4) is 5.75 Å². The molecule has 2 N–H and O–H groups in total. The topological polar surface area (TPSA) is 70.7 Å². The SMILES string of the molecule is CCCCNC(=S)Nc1cc(S(=O)(=O)N(CC)CC)ccc1OC. The Bertz CT molecular complexity index is 644. The first-order valence-corrected chi connectivity index (χ1v) is 9.98. The summed E-state index contributed by atoms with van der Waals surface area (Å²) in [7, 11) is -2.00. The molecule has 24 heavy (non-hydrogen) atoms. The van der Waals surface area contributed by atoms with Crippen LogP contribution in [0.15, 0.2) is 23.1 Å². The van der Waals surface area contributed by atoms with Gasteiger partial charge in [-0.15, -0.1) is 0 Å². The van der Waals surface area contributed by atoms with Crippen molar-refractivity contribution in [2.24, 2.45) is 0 Å². The standard InChI is InChI=1S/C16H27N3O3S2/c1-5-8-11-17-16(23)18-14-12-13(9-10-15(14)22-4)24(20,21)19(6-2)7-3/h9-10,12H,5-8,11H2,1-4H3,(H2,17,18,23). The highest BCUT2D eigenvalue weighted by atomic mass is 32.2. The van der Waals surface area contributed by atoms with E-state index < -0.39 is 10.0 Å². The highest BCUT2D eigenvalue weighted by Gasteiger charge is 2.23. The zero-order chi connectivity index (χ0) is 18.2. The molecule has 1 aromatic carbocycles. The Labute approximate surface area is 150 Å². The molecule has 0 spiro atoms. The van der Waals surface area contributed by atoms with Crippen molar-refractivity contribution in [3.63, 3.8) is 0 Å². The third-order valence-corrected chi connectivity index (χ3v) is 5.87. The van der Waals surface area contributed by atoms with E-state index in [0.717, 1.165) is 19.4 Å². The molecule has 0 fully saturated rings. The van der Waals surface area contributed by atoms with Gasteiger partial charge in [0.2, 0.25) is 10.0 Å². The van der Waals surface area contributed by atoms with Crippen LogP contribution in [0.4, 0.5) is 5.69 Å². The smallest absolute Gasteiger partial charge is 0.243 e. The van der Waals surface area contributed by atoms with E-state index in [1.807, 2.05) is 13.8 Å². The van der Waals surface area contributed by atoms with Crippen molar-refractivity contribution in [1.29, 1.82) is 0 Å². The highest BCUT2D eigenvalue weighted by Crippen LogP contribution is 2.28. The summed E-state index contributed by atoms with van der Waals surface area (Å²) in [4.78, 5) is 0.214. The molecule has 0 atom stereocenters. The van der Waals surface area contributed by atoms with Gasteiger partial charge in [0.25, 0.3) is 0 Å². The van der Waals surface area contributed by atoms with Crippen molar-refractivity contribution >= 4 is 33.0 Å². The second-order valence-electron chi connectivity index (χ2n) is 5.19. The zero-order valence-electron chi connectivity index (χ0n) is 14.8. The number of ether oxygens (including phenoxy) is 1. The molecular formula is C16H27N3O3S2. The quantitative estimate of drug-likeness (QED) is 0.512. The summed E-state index contributed by atoms with van der Waals surface area (Å²) in [5.74, 6) is 0.535. The number of unbranched alkanes of at least 4 members (excludes halogenated alkanes) is 1. The van der Waals surface area contributed by atoms with Gasteiger partial charge >= 0.3 is 0 Å². The Hall–Kier alpha value is -1.38. The van der Waals surface area contributed by atoms with E-state index in [4.69, 9.17) is 17.0 Å². The minimum atomic E-state index is -3.53. The van der Waals surface area contributed by atoms with E-state index in [0.29, 0.717) is 29.6 Å². The molecule has 0 amide bonds. The summed E-state index contributed by atoms with van der Waals surface area (Å²) in [6, 6.07) is 4.74. The molecule has 0 aliphatic rings. The Morgan fingerprint density at radius 3 is 2.46 bits per heavy atom. The molecule has 0 heterocycles. The summed E-state index contributed by atoms with van der Waals surface area (Å²) in [5, 5.41) is 6.56. The van der Waals surface area contributed by atoms with Gasteiger partial charge in [0.15, 0.2) is 5.11 Å². The minimum Gasteiger partial charge on any atom is -0.495 e. The van der Waals surface area contributed by atoms with E-state index in [-0.39, 0.29) is 4.90 Å². The number of nitrogens with zero attached hydrogens (tertiary/aromatic N) is 1. The summed E-state index contributed by atoms with van der Waals surface area (Å²) >= 11 is 5.25. The number of methoxy groups -OCH3 is 1. The molecule has 6 nitrogen and oxygen atoms in total. The minimum absolute atomic E-state index is 0.214. The van der Waals surface area contributed by atoms with Gasteiger partial charge in [-0.2, -0.15) is 4.31 Å². The maximum absolute atomic E-state index is 12.7. The van der Waals surface area contributed by atoms with Gasteiger partial charge in [0.05, 0.1) is 17.7 Å². The fraction of sp³-hybridized carbons (Fsp3) is 0.562. The van der Waals surface area contributed by atoms with Crippen LogP contribution in [0.3, 0.4) is 0 Å². The summed E-state index contributed by atoms with van der Waals surface area (Å²) < 4.78 is 32.0. The first-order chi connectivity index (χ1) is 11.4. The lowest BCUT2D eigenvalue weighted by Gasteiger charge is -2.20. The second-order valence-corrected chi connectivity index (χ2v) is 7.53. The van der Waals surface area contributed by atoms with Crippen LogP contribution in [0, 0.1) is 0 Å². The van der Waals surface area contributed by atoms with Crippen molar-refractivity contribution in [2.45, 2.75) is 38.5 Å². The Kier molecular flexibility index (Phi) is 8.44. The van der Waals surface area contributed by atoms with Crippen molar-refractivity contribution in [1.82, 2.24) is 9.62 Å². The summed E-state index contributed by atoms with van der Waals surface area (Å²) in [6.07, 6.45) is 2.08. The van der Waals surface area contributed by atoms with Gasteiger partial charge in [-0.3, -0.25) is 0 Å². The molecular weight excluding hydrogens is 346 g/mol. The Morgan fingerprint density at radius 1 is 1.25 bits per heavy atom. The number of hydrogen-bond acceptors (Lipinski definition) is 4. The zero-order valence-corrected chi connectivity index (χ0v) is 16.4. The molecule has 0 bridgehead atoms. The second kappa shape index (κ2) is 9.80. The lowest BCUT2D eigenvalue weighted by Crippen LogP contribution is -2.31. The highest BCUT2D eigenvalue weighted by molar-refractivity contribution is 7.89. The summed E-state index contributed by atoms with van der Waals surface area (Å²) in [5.41, 5.74) is 0.528. The number of nitrogens with one attached hydrogen (secondary N) is 2. The number of sulfonamides is 1. The van der Waals surface area contributed by atoms with Gasteiger partial charge < -0.3 is 15.4 Å². The average molecular weight is 374 g/mol. The van der Waals surface area contributed by atoms with Crippen LogP contribution in [0.25, 0.3) is 0 Å². The maximum atomic E-state index is 12.7. The van der Waals surface area contributed by atoms with Gasteiger partial charge in [-0.05, 0) is 36.8 Å². The number of rotatable bonds is 9. The fourth-order valence-electron chi connectivity index (χ4n) is 2.20. The molecule has 8 heteroatoms. The molecule has 0 radical (unpaired) electrons. The third kappa shape index (κ3) is 5.32. The number of benzene rings is 1. The molecule has 0 aliphatic heterocycles. The normalized spacial score (nSPS) is 11.4. The molecule has 1 rings (SSSR count). The molecule has 1 aromatic rings. The molecule has 136 valence electrons. The predicted octanol–water partition coefficient (Wildman–Crippen LogP) is 2.81. The molecule has 0 aromatic heterocycles. The monoisotopic (exact) mass is 373 g/mol. The van der Waals surface area contributed by atoms with Crippen LogP contribution in [0.5, 0.6) is 5.75 Å². The van der Waals surface area contributed by atoms with Gasteiger partial charge in [0.1, 0.15) is 5.75 Å². The van der Waals surface area contributed by atoms with E-state index in [1.165, 1.54) is 11.4 Å². The van der Waals surface area contributed by atoms with E-state index in [1.54, 1.807) is 18.2 Å². The lowest BCUT2D eigenvalue weighted by molar-refractivity contribution is 0.416. The van der Waals surface area contributed by atoms with E-state index in [9.17, 15) is 8.42 Å². The van der Waals surface area contributed by atoms with Crippen LogP contribution in [-0.4, -0.2) is 44.6 Å². The maximum Gasteiger partial charge on any atom is 0.243 e. The predicted molar refractivity (Wildman–Crippen MR) is 102 cm³/mol. The van der Waals surface area contributed by atoms with Crippen molar-refractivity contribution < 1.29 is 13.2 Å². The fourth-order valence-corrected chi connectivity index (χ4v) is 3.90. The first-order valence-electron chi connectivity index (χ1n) is 8.13. The van der Waals surface area contributed by atoms with Gasteiger partial charge in [-0.25, -0.2) is 8.42 Å². The largest absolute Gasteiger partial charge is 0.495 e. The average Bonchev–Trinajstić information content (AvgIpc) is 2.55. The van der Waals surface area contributed by atoms with Crippen LogP contribution in [0.1, 0.15) is 33.6 Å².